The van der Waals surface area contributed by atoms with E-state index in [0.717, 1.165) is 0 Å². The molecule has 0 fully saturated rings. The number of nitrogens with one attached hydrogen (secondary N) is 2. The number of halogens is 1. The van der Waals surface area contributed by atoms with Crippen LogP contribution in [-0.2, 0) is 0 Å². The number of benzene rings is 1. The molecular weight excluding hydrogens is 318 g/mol. The van der Waals surface area contributed by atoms with Gasteiger partial charge in [0.25, 0.3) is 0 Å². The number of ketones is 1. The van der Waals surface area contributed by atoms with Crippen molar-refractivity contribution < 1.29 is 14.7 Å². The lowest BCUT2D eigenvalue weighted by Gasteiger charge is -2.24. The number of amides is 2. The molecule has 0 saturated carbocycles. The highest BCUT2D eigenvalue weighted by Gasteiger charge is 2.20. The number of H-pyrrole nitrogens is 1. The first kappa shape index (κ1) is 17.1. The van der Waals surface area contributed by atoms with E-state index in [0.29, 0.717) is 22.0 Å². The van der Waals surface area contributed by atoms with Gasteiger partial charge in [0.1, 0.15) is 0 Å². The fraction of sp³-hybridized carbons (Fsp3) is 0.250. The second-order valence-electron chi connectivity index (χ2n) is 5.18. The molecule has 1 heterocycles. The van der Waals surface area contributed by atoms with E-state index in [2.05, 4.69) is 10.3 Å². The van der Waals surface area contributed by atoms with Crippen molar-refractivity contribution in [1.82, 2.24) is 9.88 Å². The second kappa shape index (κ2) is 7.30. The molecular formula is C16H18ClN3O3. The molecule has 23 heavy (non-hydrogen) atoms. The molecule has 0 aliphatic rings. The lowest BCUT2D eigenvalue weighted by Crippen LogP contribution is -2.40. The van der Waals surface area contributed by atoms with Crippen molar-refractivity contribution >= 4 is 29.1 Å². The number of nitrogens with zero attached hydrogens (tertiary/aromatic N) is 1. The number of hydrogen-bond donors (Lipinski definition) is 3. The van der Waals surface area contributed by atoms with Crippen molar-refractivity contribution in [3.63, 3.8) is 0 Å². The maximum atomic E-state index is 12.5. The number of rotatable bonds is 5. The van der Waals surface area contributed by atoms with Crippen LogP contribution in [0, 0.1) is 0 Å². The van der Waals surface area contributed by atoms with E-state index >= 15 is 0 Å². The molecule has 1 aromatic carbocycles. The summed E-state index contributed by atoms with van der Waals surface area (Å²) in [6, 6.07) is 7.28. The number of carbonyl (C=O) groups is 2. The number of aromatic amines is 1. The number of carbonyl (C=O) groups excluding carboxylic acids is 2. The van der Waals surface area contributed by atoms with Crippen molar-refractivity contribution in [2.75, 3.05) is 19.0 Å². The summed E-state index contributed by atoms with van der Waals surface area (Å²) in [6.45, 7) is 1.56. The Morgan fingerprint density at radius 1 is 1.39 bits per heavy atom. The molecule has 6 nitrogen and oxygen atoms in total. The Kier molecular flexibility index (Phi) is 5.41. The van der Waals surface area contributed by atoms with Gasteiger partial charge in [-0.15, -0.1) is 0 Å². The van der Waals surface area contributed by atoms with Crippen LogP contribution in [0.15, 0.2) is 36.5 Å². The quantitative estimate of drug-likeness (QED) is 0.734. The summed E-state index contributed by atoms with van der Waals surface area (Å²) < 4.78 is 0. The molecule has 0 unspecified atom stereocenters. The number of aliphatic hydroxyl groups excluding tert-OH is 1. The summed E-state index contributed by atoms with van der Waals surface area (Å²) in [5.41, 5.74) is 1.05. The van der Waals surface area contributed by atoms with Gasteiger partial charge in [-0.1, -0.05) is 11.6 Å². The largest absolute Gasteiger partial charge is 0.394 e. The van der Waals surface area contributed by atoms with E-state index in [9.17, 15) is 9.59 Å². The number of urea groups is 1. The minimum Gasteiger partial charge on any atom is -0.394 e. The molecule has 3 N–H and O–H groups in total. The Morgan fingerprint density at radius 2 is 2.13 bits per heavy atom. The SMILES string of the molecule is C[C@H](CO)N(C)C(=O)Nc1ccc(Cl)cc1C(=O)c1ccc[nH]1. The van der Waals surface area contributed by atoms with Gasteiger partial charge in [-0.3, -0.25) is 4.79 Å². The summed E-state index contributed by atoms with van der Waals surface area (Å²) in [4.78, 5) is 28.9. The van der Waals surface area contributed by atoms with Crippen LogP contribution in [0.2, 0.25) is 5.02 Å². The average molecular weight is 336 g/mol. The van der Waals surface area contributed by atoms with E-state index in [1.807, 2.05) is 0 Å². The first-order chi connectivity index (χ1) is 10.9. The maximum absolute atomic E-state index is 12.5. The topological polar surface area (TPSA) is 85.4 Å². The van der Waals surface area contributed by atoms with E-state index < -0.39 is 6.03 Å². The Labute approximate surface area is 139 Å². The van der Waals surface area contributed by atoms with Crippen molar-refractivity contribution in [3.05, 3.63) is 52.8 Å². The standard InChI is InChI=1S/C16H18ClN3O3/c1-10(9-21)20(2)16(23)19-13-6-5-11(17)8-12(13)15(22)14-4-3-7-18-14/h3-8,10,18,21H,9H2,1-2H3,(H,19,23)/t10-/m1/s1. The highest BCUT2D eigenvalue weighted by atomic mass is 35.5. The zero-order valence-electron chi connectivity index (χ0n) is 12.8. The molecule has 1 atom stereocenters. The van der Waals surface area contributed by atoms with E-state index in [1.165, 1.54) is 11.0 Å². The van der Waals surface area contributed by atoms with Gasteiger partial charge in [-0.2, -0.15) is 0 Å². The highest BCUT2D eigenvalue weighted by Crippen LogP contribution is 2.23. The second-order valence-corrected chi connectivity index (χ2v) is 5.61. The maximum Gasteiger partial charge on any atom is 0.321 e. The van der Waals surface area contributed by atoms with Gasteiger partial charge >= 0.3 is 6.03 Å². The summed E-state index contributed by atoms with van der Waals surface area (Å²) in [7, 11) is 1.57. The highest BCUT2D eigenvalue weighted by molar-refractivity contribution is 6.31. The van der Waals surface area contributed by atoms with E-state index in [4.69, 9.17) is 16.7 Å². The van der Waals surface area contributed by atoms with E-state index in [-0.39, 0.29) is 18.4 Å². The normalized spacial score (nSPS) is 11.8. The number of aliphatic hydroxyl groups is 1. The third kappa shape index (κ3) is 3.91. The van der Waals surface area contributed by atoms with Gasteiger partial charge in [0.05, 0.1) is 24.0 Å². The molecule has 1 aromatic heterocycles. The molecule has 122 valence electrons. The van der Waals surface area contributed by atoms with Gasteiger partial charge < -0.3 is 20.3 Å². The van der Waals surface area contributed by atoms with Crippen molar-refractivity contribution in [3.8, 4) is 0 Å². The lowest BCUT2D eigenvalue weighted by molar-refractivity contribution is 0.103. The number of hydrogen-bond acceptors (Lipinski definition) is 3. The van der Waals surface area contributed by atoms with Crippen molar-refractivity contribution in [1.29, 1.82) is 0 Å². The minimum atomic E-state index is -0.422. The lowest BCUT2D eigenvalue weighted by atomic mass is 10.1. The number of likely N-dealkylation sites (N-methyl/N-ethyl adjacent to an activating group) is 1. The molecule has 0 aliphatic heterocycles. The fourth-order valence-electron chi connectivity index (χ4n) is 1.96. The Bertz CT molecular complexity index is 701. The Balaban J connectivity index is 2.29. The molecule has 7 heteroatoms. The van der Waals surface area contributed by atoms with Gasteiger partial charge in [0.2, 0.25) is 5.78 Å². The van der Waals surface area contributed by atoms with Crippen LogP contribution in [0.5, 0.6) is 0 Å². The predicted octanol–water partition coefficient (Wildman–Crippen LogP) is 2.74. The van der Waals surface area contributed by atoms with Gasteiger partial charge in [0, 0.05) is 23.8 Å². The summed E-state index contributed by atoms with van der Waals surface area (Å²) in [5, 5.41) is 12.2. The Morgan fingerprint density at radius 3 is 2.74 bits per heavy atom. The van der Waals surface area contributed by atoms with Crippen molar-refractivity contribution in [2.45, 2.75) is 13.0 Å². The third-order valence-electron chi connectivity index (χ3n) is 3.56. The van der Waals surface area contributed by atoms with Crippen LogP contribution in [0.25, 0.3) is 0 Å². The van der Waals surface area contributed by atoms with Crippen LogP contribution in [-0.4, -0.2) is 46.5 Å². The third-order valence-corrected chi connectivity index (χ3v) is 3.79. The minimum absolute atomic E-state index is 0.154. The van der Waals surface area contributed by atoms with Crippen LogP contribution in [0.1, 0.15) is 23.0 Å². The summed E-state index contributed by atoms with van der Waals surface area (Å²) >= 11 is 5.98. The zero-order chi connectivity index (χ0) is 17.0. The average Bonchev–Trinajstić information content (AvgIpc) is 3.08. The molecule has 0 saturated heterocycles. The van der Waals surface area contributed by atoms with Gasteiger partial charge in [-0.05, 0) is 37.3 Å². The molecule has 2 aromatic rings. The number of anilines is 1. The molecule has 2 rings (SSSR count). The molecule has 0 radical (unpaired) electrons. The fourth-order valence-corrected chi connectivity index (χ4v) is 2.13. The monoisotopic (exact) mass is 335 g/mol. The molecule has 2 amide bonds. The van der Waals surface area contributed by atoms with Crippen LogP contribution >= 0.6 is 11.6 Å². The smallest absolute Gasteiger partial charge is 0.321 e. The summed E-state index contributed by atoms with van der Waals surface area (Å²) in [5.74, 6) is -0.273. The summed E-state index contributed by atoms with van der Waals surface area (Å²) in [6.07, 6.45) is 1.65. The molecule has 0 aliphatic carbocycles. The first-order valence-electron chi connectivity index (χ1n) is 7.06. The first-order valence-corrected chi connectivity index (χ1v) is 7.44. The number of aromatic nitrogens is 1. The predicted molar refractivity (Wildman–Crippen MR) is 89.0 cm³/mol. The van der Waals surface area contributed by atoms with Crippen molar-refractivity contribution in [2.24, 2.45) is 0 Å². The zero-order valence-corrected chi connectivity index (χ0v) is 13.6. The molecule has 0 spiro atoms. The van der Waals surface area contributed by atoms with Crippen LogP contribution < -0.4 is 5.32 Å². The van der Waals surface area contributed by atoms with Crippen LogP contribution in [0.3, 0.4) is 0 Å². The Hall–Kier alpha value is -2.31. The van der Waals surface area contributed by atoms with Gasteiger partial charge in [-0.25, -0.2) is 4.79 Å². The van der Waals surface area contributed by atoms with E-state index in [1.54, 1.807) is 44.4 Å². The molecule has 0 bridgehead atoms. The van der Waals surface area contributed by atoms with Crippen LogP contribution in [0.4, 0.5) is 10.5 Å². The van der Waals surface area contributed by atoms with Gasteiger partial charge in [0.15, 0.2) is 0 Å².